The number of aliphatic hydroxyl groups is 1. The lowest BCUT2D eigenvalue weighted by Crippen LogP contribution is -2.48. The van der Waals surface area contributed by atoms with Gasteiger partial charge >= 0.3 is 6.03 Å². The number of anilines is 2. The monoisotopic (exact) mass is 490 g/mol. The fraction of sp³-hybridized carbons (Fsp3) is 0.346. The van der Waals surface area contributed by atoms with E-state index in [1.54, 1.807) is 25.3 Å². The van der Waals surface area contributed by atoms with Crippen LogP contribution >= 0.6 is 0 Å². The first-order chi connectivity index (χ1) is 17.3. The highest BCUT2D eigenvalue weighted by molar-refractivity contribution is 5.99. The fourth-order valence-electron chi connectivity index (χ4n) is 4.35. The third-order valence-corrected chi connectivity index (χ3v) is 6.26. The van der Waals surface area contributed by atoms with Gasteiger partial charge in [-0.1, -0.05) is 0 Å². The maximum absolute atomic E-state index is 12.3. The molecule has 3 N–H and O–H groups in total. The number of hydrogen-bond acceptors (Lipinski definition) is 7. The Labute approximate surface area is 209 Å². The third-order valence-electron chi connectivity index (χ3n) is 6.26. The highest BCUT2D eigenvalue weighted by Crippen LogP contribution is 2.31. The van der Waals surface area contributed by atoms with Crippen molar-refractivity contribution in [1.29, 1.82) is 0 Å². The summed E-state index contributed by atoms with van der Waals surface area (Å²) >= 11 is 0. The molecule has 10 heteroatoms. The summed E-state index contributed by atoms with van der Waals surface area (Å²) in [5, 5.41) is 14.4. The molecule has 0 radical (unpaired) electrons. The highest BCUT2D eigenvalue weighted by atomic mass is 16.5. The normalized spacial score (nSPS) is 17.1. The number of ether oxygens (including phenoxy) is 1. The molecule has 1 atom stereocenters. The van der Waals surface area contributed by atoms with Crippen LogP contribution in [0, 0.1) is 6.92 Å². The second-order valence-electron chi connectivity index (χ2n) is 9.11. The van der Waals surface area contributed by atoms with Crippen LogP contribution in [0.1, 0.15) is 37.9 Å². The van der Waals surface area contributed by atoms with Gasteiger partial charge in [0.05, 0.1) is 47.8 Å². The number of urea groups is 1. The molecule has 3 aromatic rings. The lowest BCUT2D eigenvalue weighted by atomic mass is 10.00. The van der Waals surface area contributed by atoms with Crippen LogP contribution in [-0.2, 0) is 11.4 Å². The minimum atomic E-state index is -0.486. The second-order valence-corrected chi connectivity index (χ2v) is 9.11. The van der Waals surface area contributed by atoms with E-state index in [2.05, 4.69) is 32.5 Å². The van der Waals surface area contributed by atoms with Gasteiger partial charge in [0.25, 0.3) is 0 Å². The Hall–Kier alpha value is -4.05. The number of carbonyl (C=O) groups is 2. The lowest BCUT2D eigenvalue weighted by Gasteiger charge is -2.34. The molecule has 1 saturated heterocycles. The predicted octanol–water partition coefficient (Wildman–Crippen LogP) is 3.76. The fourth-order valence-corrected chi connectivity index (χ4v) is 4.35. The first kappa shape index (κ1) is 25.1. The van der Waals surface area contributed by atoms with Crippen LogP contribution in [0.2, 0.25) is 0 Å². The number of amides is 3. The van der Waals surface area contributed by atoms with Crippen molar-refractivity contribution in [1.82, 2.24) is 19.9 Å². The second kappa shape index (κ2) is 10.7. The molecular formula is C26H30N6O4. The average Bonchev–Trinajstić information content (AvgIpc) is 3.26. The van der Waals surface area contributed by atoms with Gasteiger partial charge in [-0.3, -0.25) is 20.1 Å². The van der Waals surface area contributed by atoms with Crippen LogP contribution in [-0.4, -0.2) is 55.6 Å². The van der Waals surface area contributed by atoms with E-state index in [-0.39, 0.29) is 18.1 Å². The van der Waals surface area contributed by atoms with E-state index in [4.69, 9.17) is 9.84 Å². The molecule has 0 unspecified atom stereocenters. The van der Waals surface area contributed by atoms with Crippen LogP contribution in [0.15, 0.2) is 48.9 Å². The molecule has 36 heavy (non-hydrogen) atoms. The van der Waals surface area contributed by atoms with Crippen LogP contribution in [0.25, 0.3) is 11.3 Å². The molecule has 1 aliphatic rings. The quantitative estimate of drug-likeness (QED) is 0.460. The van der Waals surface area contributed by atoms with Crippen LogP contribution < -0.4 is 15.4 Å². The molecule has 1 fully saturated rings. The summed E-state index contributed by atoms with van der Waals surface area (Å²) in [5.41, 5.74) is 3.05. The molecule has 10 nitrogen and oxygen atoms in total. The Bertz CT molecular complexity index is 1250. The summed E-state index contributed by atoms with van der Waals surface area (Å²) in [5.74, 6) is 1.11. The van der Waals surface area contributed by atoms with Crippen molar-refractivity contribution >= 4 is 23.4 Å². The van der Waals surface area contributed by atoms with Gasteiger partial charge in [0.1, 0.15) is 12.4 Å². The van der Waals surface area contributed by atoms with Gasteiger partial charge in [-0.2, -0.15) is 0 Å². The number of carbonyl (C=O) groups excluding carboxylic acids is 2. The number of benzene rings is 1. The Morgan fingerprint density at radius 1 is 1.17 bits per heavy atom. The molecule has 0 bridgehead atoms. The number of rotatable bonds is 7. The highest BCUT2D eigenvalue weighted by Gasteiger charge is 2.39. The van der Waals surface area contributed by atoms with Gasteiger partial charge < -0.3 is 20.1 Å². The molecule has 0 saturated carbocycles. The third kappa shape index (κ3) is 5.77. The summed E-state index contributed by atoms with van der Waals surface area (Å²) < 4.78 is 6.13. The van der Waals surface area contributed by atoms with E-state index in [1.807, 2.05) is 30.0 Å². The number of aryl methyl sites for hydroxylation is 1. The van der Waals surface area contributed by atoms with Crippen molar-refractivity contribution in [2.45, 2.75) is 45.8 Å². The topological polar surface area (TPSA) is 130 Å². The summed E-state index contributed by atoms with van der Waals surface area (Å²) in [7, 11) is 0. The molecule has 4 rings (SSSR count). The molecular weight excluding hydrogens is 460 g/mol. The van der Waals surface area contributed by atoms with Crippen molar-refractivity contribution in [2.24, 2.45) is 0 Å². The number of likely N-dealkylation sites (tertiary alicyclic amines) is 1. The number of nitrogens with zero attached hydrogens (tertiary/aromatic N) is 4. The van der Waals surface area contributed by atoms with Gasteiger partial charge in [0.2, 0.25) is 5.91 Å². The van der Waals surface area contributed by atoms with E-state index in [0.29, 0.717) is 29.5 Å². The maximum Gasteiger partial charge on any atom is 0.324 e. The van der Waals surface area contributed by atoms with E-state index < -0.39 is 6.03 Å². The molecule has 1 aliphatic heterocycles. The maximum atomic E-state index is 12.3. The van der Waals surface area contributed by atoms with Crippen LogP contribution in [0.3, 0.4) is 0 Å². The van der Waals surface area contributed by atoms with Crippen molar-refractivity contribution in [3.63, 3.8) is 0 Å². The van der Waals surface area contributed by atoms with Crippen LogP contribution in [0.4, 0.5) is 16.3 Å². The van der Waals surface area contributed by atoms with E-state index in [0.717, 1.165) is 36.3 Å². The van der Waals surface area contributed by atoms with Crippen molar-refractivity contribution < 1.29 is 19.4 Å². The molecule has 3 amide bonds. The standard InChI is InChI=1S/C26H30N6O4/c1-17-11-19(5-8-23(17)36-16-26(3)9-4-10-32(26)18(2)34)22-13-27-14-24(30-22)31-25(35)29-20-6-7-21(15-33)28-12-20/h5-8,11-14,33H,4,9-10,15-16H2,1-3H3,(H2,29,30,31,35)/t26-/m0/s1. The largest absolute Gasteiger partial charge is 0.491 e. The zero-order chi connectivity index (χ0) is 25.7. The van der Waals surface area contributed by atoms with Gasteiger partial charge in [0, 0.05) is 19.0 Å². The number of pyridine rings is 1. The zero-order valence-corrected chi connectivity index (χ0v) is 20.6. The van der Waals surface area contributed by atoms with Gasteiger partial charge in [0.15, 0.2) is 5.82 Å². The van der Waals surface area contributed by atoms with Crippen molar-refractivity contribution in [3.05, 3.63) is 60.2 Å². The molecule has 0 spiro atoms. The smallest absolute Gasteiger partial charge is 0.324 e. The van der Waals surface area contributed by atoms with Crippen molar-refractivity contribution in [2.75, 3.05) is 23.8 Å². The van der Waals surface area contributed by atoms with E-state index >= 15 is 0 Å². The molecule has 1 aromatic carbocycles. The summed E-state index contributed by atoms with van der Waals surface area (Å²) in [4.78, 5) is 38.9. The van der Waals surface area contributed by atoms with Crippen molar-refractivity contribution in [3.8, 4) is 17.0 Å². The molecule has 3 heterocycles. The number of aliphatic hydroxyl groups excluding tert-OH is 1. The minimum absolute atomic E-state index is 0.0719. The Morgan fingerprint density at radius 2 is 2.00 bits per heavy atom. The van der Waals surface area contributed by atoms with Gasteiger partial charge in [-0.05, 0) is 62.6 Å². The van der Waals surface area contributed by atoms with E-state index in [9.17, 15) is 9.59 Å². The number of hydrogen-bond donors (Lipinski definition) is 3. The first-order valence-electron chi connectivity index (χ1n) is 11.8. The number of aromatic nitrogens is 3. The Morgan fingerprint density at radius 3 is 2.69 bits per heavy atom. The van der Waals surface area contributed by atoms with Crippen LogP contribution in [0.5, 0.6) is 5.75 Å². The summed E-state index contributed by atoms with van der Waals surface area (Å²) in [6, 6.07) is 8.52. The first-order valence-corrected chi connectivity index (χ1v) is 11.8. The van der Waals surface area contributed by atoms with Gasteiger partial charge in [-0.15, -0.1) is 0 Å². The van der Waals surface area contributed by atoms with E-state index in [1.165, 1.54) is 12.4 Å². The summed E-state index contributed by atoms with van der Waals surface area (Å²) in [6.07, 6.45) is 6.44. The SMILES string of the molecule is CC(=O)N1CCC[C@@]1(C)COc1ccc(-c2cncc(NC(=O)Nc3ccc(CO)nc3)n2)cc1C. The summed E-state index contributed by atoms with van der Waals surface area (Å²) in [6.45, 7) is 6.65. The minimum Gasteiger partial charge on any atom is -0.491 e. The molecule has 0 aliphatic carbocycles. The lowest BCUT2D eigenvalue weighted by molar-refractivity contribution is -0.133. The molecule has 2 aromatic heterocycles. The Kier molecular flexibility index (Phi) is 7.44. The Balaban J connectivity index is 1.40. The average molecular weight is 491 g/mol. The molecule has 188 valence electrons. The van der Waals surface area contributed by atoms with Gasteiger partial charge in [-0.25, -0.2) is 9.78 Å². The predicted molar refractivity (Wildman–Crippen MR) is 136 cm³/mol. The number of nitrogens with one attached hydrogen (secondary N) is 2. The zero-order valence-electron chi connectivity index (χ0n) is 20.6.